The number of carbonyl (C=O) groups is 2. The first-order valence-corrected chi connectivity index (χ1v) is 7.38. The lowest BCUT2D eigenvalue weighted by molar-refractivity contribution is -0.150. The van der Waals surface area contributed by atoms with Gasteiger partial charge in [-0.15, -0.1) is 0 Å². The average molecular weight is 359 g/mol. The zero-order valence-corrected chi connectivity index (χ0v) is 14.0. The van der Waals surface area contributed by atoms with Crippen LogP contribution in [0.3, 0.4) is 0 Å². The van der Waals surface area contributed by atoms with Crippen LogP contribution in [-0.4, -0.2) is 24.0 Å². The molecule has 0 unspecified atom stereocenters. The fraction of sp³-hybridized carbons (Fsp3) is 0.214. The Hall–Kier alpha value is -1.63. The molecule has 1 aromatic rings. The van der Waals surface area contributed by atoms with E-state index in [9.17, 15) is 9.59 Å². The summed E-state index contributed by atoms with van der Waals surface area (Å²) >= 11 is 17.4. The summed E-state index contributed by atoms with van der Waals surface area (Å²) in [5, 5.41) is 6.70. The first-order valence-electron chi connectivity index (χ1n) is 6.21. The summed E-state index contributed by atoms with van der Waals surface area (Å²) in [5.41, 5.74) is 1.19. The van der Waals surface area contributed by atoms with E-state index in [0.717, 1.165) is 7.11 Å². The van der Waals surface area contributed by atoms with E-state index in [4.69, 9.17) is 35.4 Å². The monoisotopic (exact) mass is 358 g/mol. The predicted octanol–water partition coefficient (Wildman–Crippen LogP) is 2.53. The SMILES string of the molecule is COC(=O)C(=O)C1=C(C)NC(=S)N[C@H]1c1cccc(Cl)c1Cl. The molecule has 0 fully saturated rings. The number of Topliss-reactive ketones (excluding diaryl/α,β-unsaturated/α-hetero) is 1. The number of carbonyl (C=O) groups excluding carboxylic acids is 2. The van der Waals surface area contributed by atoms with Gasteiger partial charge in [-0.1, -0.05) is 35.3 Å². The van der Waals surface area contributed by atoms with Crippen LogP contribution in [0.2, 0.25) is 10.0 Å². The summed E-state index contributed by atoms with van der Waals surface area (Å²) < 4.78 is 4.51. The first-order chi connectivity index (χ1) is 10.4. The van der Waals surface area contributed by atoms with Crippen LogP contribution in [0.15, 0.2) is 29.5 Å². The van der Waals surface area contributed by atoms with Crippen molar-refractivity contribution in [2.75, 3.05) is 7.11 Å². The van der Waals surface area contributed by atoms with Gasteiger partial charge >= 0.3 is 5.97 Å². The van der Waals surface area contributed by atoms with Crippen LogP contribution in [-0.2, 0) is 14.3 Å². The van der Waals surface area contributed by atoms with E-state index in [1.54, 1.807) is 25.1 Å². The molecular weight excluding hydrogens is 347 g/mol. The molecule has 1 aliphatic heterocycles. The molecule has 0 spiro atoms. The quantitative estimate of drug-likeness (QED) is 0.491. The van der Waals surface area contributed by atoms with Crippen molar-refractivity contribution in [3.63, 3.8) is 0 Å². The number of ketones is 1. The molecule has 0 radical (unpaired) electrons. The van der Waals surface area contributed by atoms with E-state index in [1.807, 2.05) is 0 Å². The summed E-state index contributed by atoms with van der Waals surface area (Å²) in [6.45, 7) is 1.65. The molecule has 2 rings (SSSR count). The van der Waals surface area contributed by atoms with Crippen molar-refractivity contribution in [1.29, 1.82) is 0 Å². The molecule has 0 saturated carbocycles. The minimum absolute atomic E-state index is 0.185. The largest absolute Gasteiger partial charge is 0.463 e. The van der Waals surface area contributed by atoms with Crippen LogP contribution in [0.1, 0.15) is 18.5 Å². The number of esters is 1. The number of benzene rings is 1. The zero-order valence-electron chi connectivity index (χ0n) is 11.7. The van der Waals surface area contributed by atoms with E-state index in [-0.39, 0.29) is 10.6 Å². The van der Waals surface area contributed by atoms with Gasteiger partial charge < -0.3 is 15.4 Å². The molecule has 0 amide bonds. The third-order valence-electron chi connectivity index (χ3n) is 3.18. The molecule has 0 aliphatic carbocycles. The van der Waals surface area contributed by atoms with Crippen LogP contribution in [0, 0.1) is 0 Å². The number of ether oxygens (including phenoxy) is 1. The molecule has 5 nitrogen and oxygen atoms in total. The highest BCUT2D eigenvalue weighted by Gasteiger charge is 2.34. The molecule has 1 aromatic carbocycles. The van der Waals surface area contributed by atoms with Crippen LogP contribution in [0.25, 0.3) is 0 Å². The first kappa shape index (κ1) is 16.7. The van der Waals surface area contributed by atoms with E-state index in [2.05, 4.69) is 15.4 Å². The molecule has 1 aliphatic rings. The fourth-order valence-corrected chi connectivity index (χ4v) is 2.86. The van der Waals surface area contributed by atoms with Crippen molar-refractivity contribution in [2.24, 2.45) is 0 Å². The van der Waals surface area contributed by atoms with Crippen LogP contribution in [0.4, 0.5) is 0 Å². The second-order valence-electron chi connectivity index (χ2n) is 4.53. The number of allylic oxidation sites excluding steroid dienone is 1. The summed E-state index contributed by atoms with van der Waals surface area (Å²) in [6, 6.07) is 4.35. The topological polar surface area (TPSA) is 67.4 Å². The van der Waals surface area contributed by atoms with Gasteiger partial charge in [0.05, 0.1) is 28.8 Å². The zero-order chi connectivity index (χ0) is 16.4. The Balaban J connectivity index is 2.58. The van der Waals surface area contributed by atoms with E-state index < -0.39 is 17.8 Å². The molecular formula is C14H12Cl2N2O3S. The lowest BCUT2D eigenvalue weighted by Crippen LogP contribution is -2.46. The summed E-state index contributed by atoms with van der Waals surface area (Å²) in [7, 11) is 1.14. The smallest absolute Gasteiger partial charge is 0.379 e. The number of methoxy groups -OCH3 is 1. The summed E-state index contributed by atoms with van der Waals surface area (Å²) in [4.78, 5) is 23.9. The molecule has 0 bridgehead atoms. The van der Waals surface area contributed by atoms with Gasteiger partial charge in [0, 0.05) is 5.70 Å². The molecule has 116 valence electrons. The van der Waals surface area contributed by atoms with Crippen LogP contribution >= 0.6 is 35.4 Å². The van der Waals surface area contributed by atoms with E-state index >= 15 is 0 Å². The maximum absolute atomic E-state index is 12.3. The normalized spacial score (nSPS) is 17.6. The number of nitrogens with one attached hydrogen (secondary N) is 2. The van der Waals surface area contributed by atoms with Gasteiger partial charge in [-0.05, 0) is 30.8 Å². The minimum Gasteiger partial charge on any atom is -0.463 e. The van der Waals surface area contributed by atoms with Crippen molar-refractivity contribution in [3.05, 3.63) is 45.1 Å². The Morgan fingerprint density at radius 1 is 1.32 bits per heavy atom. The van der Waals surface area contributed by atoms with Gasteiger partial charge in [-0.2, -0.15) is 0 Å². The standard InChI is InChI=1S/C14H12Cl2N2O3S/c1-6-9(12(19)13(20)21-2)11(18-14(22)17-6)7-4-3-5-8(15)10(7)16/h3-5,11H,1-2H3,(H2,17,18,22)/t11-/m0/s1. The average Bonchev–Trinajstić information content (AvgIpc) is 2.47. The van der Waals surface area contributed by atoms with Gasteiger partial charge in [-0.25, -0.2) is 4.79 Å². The van der Waals surface area contributed by atoms with Crippen LogP contribution < -0.4 is 10.6 Å². The summed E-state index contributed by atoms with van der Waals surface area (Å²) in [5.74, 6) is -1.74. The number of hydrogen-bond acceptors (Lipinski definition) is 4. The van der Waals surface area contributed by atoms with Gasteiger partial charge in [0.1, 0.15) is 0 Å². The van der Waals surface area contributed by atoms with Crippen molar-refractivity contribution >= 4 is 52.3 Å². The Morgan fingerprint density at radius 2 is 2.00 bits per heavy atom. The van der Waals surface area contributed by atoms with Gasteiger partial charge in [-0.3, -0.25) is 4.79 Å². The number of thiocarbonyl (C=S) groups is 1. The lowest BCUT2D eigenvalue weighted by atomic mass is 9.92. The molecule has 1 heterocycles. The Bertz CT molecular complexity index is 703. The summed E-state index contributed by atoms with van der Waals surface area (Å²) in [6.07, 6.45) is 0. The van der Waals surface area contributed by atoms with Gasteiger partial charge in [0.25, 0.3) is 5.78 Å². The number of halogens is 2. The maximum Gasteiger partial charge on any atom is 0.379 e. The molecule has 2 N–H and O–H groups in total. The van der Waals surface area contributed by atoms with Crippen molar-refractivity contribution in [3.8, 4) is 0 Å². The Kier molecular flexibility index (Phi) is 5.05. The third kappa shape index (κ3) is 3.09. The second-order valence-corrected chi connectivity index (χ2v) is 5.73. The van der Waals surface area contributed by atoms with Gasteiger partial charge in [0.2, 0.25) is 0 Å². The van der Waals surface area contributed by atoms with E-state index in [1.165, 1.54) is 0 Å². The number of hydrogen-bond donors (Lipinski definition) is 2. The predicted molar refractivity (Wildman–Crippen MR) is 87.8 cm³/mol. The van der Waals surface area contributed by atoms with Crippen molar-refractivity contribution in [2.45, 2.75) is 13.0 Å². The van der Waals surface area contributed by atoms with Crippen molar-refractivity contribution in [1.82, 2.24) is 10.6 Å². The lowest BCUT2D eigenvalue weighted by Gasteiger charge is -2.30. The highest BCUT2D eigenvalue weighted by atomic mass is 35.5. The van der Waals surface area contributed by atoms with Crippen LogP contribution in [0.5, 0.6) is 0 Å². The highest BCUT2D eigenvalue weighted by Crippen LogP contribution is 2.35. The highest BCUT2D eigenvalue weighted by molar-refractivity contribution is 7.80. The van der Waals surface area contributed by atoms with Gasteiger partial charge in [0.15, 0.2) is 5.11 Å². The molecule has 8 heteroatoms. The Labute approximate surface area is 142 Å². The molecule has 22 heavy (non-hydrogen) atoms. The van der Waals surface area contributed by atoms with E-state index in [0.29, 0.717) is 21.4 Å². The molecule has 0 saturated heterocycles. The fourth-order valence-electron chi connectivity index (χ4n) is 2.17. The Morgan fingerprint density at radius 3 is 2.64 bits per heavy atom. The number of rotatable bonds is 3. The second kappa shape index (κ2) is 6.64. The molecule has 1 atom stereocenters. The third-order valence-corrected chi connectivity index (χ3v) is 4.23. The van der Waals surface area contributed by atoms with Crippen molar-refractivity contribution < 1.29 is 14.3 Å². The molecule has 0 aromatic heterocycles. The minimum atomic E-state index is -0.964. The maximum atomic E-state index is 12.3.